The van der Waals surface area contributed by atoms with Crippen LogP contribution in [0.2, 0.25) is 0 Å². The van der Waals surface area contributed by atoms with Crippen LogP contribution in [0.5, 0.6) is 17.2 Å². The van der Waals surface area contributed by atoms with Crippen molar-refractivity contribution in [1.82, 2.24) is 9.97 Å². The number of allylic oxidation sites excluding steroid dienone is 1. The number of rotatable bonds is 18. The SMILES string of the molecule is C=CCO[C@@]12Oc3ccc(Oc4ccc5ccccc5c4)cc3[C@H]3[C@H](CCCCO)[C@@H](CCCCO)C=C(C(=NOC(C)(C)C)C[C@@H]1SCCc1cnccn1)[C@H]32. The number of ether oxygens (including phenoxy) is 3. The van der Waals surface area contributed by atoms with Gasteiger partial charge in [0, 0.05) is 56.1 Å². The number of aliphatic hydroxyl groups is 2. The molecule has 57 heavy (non-hydrogen) atoms. The lowest BCUT2D eigenvalue weighted by Crippen LogP contribution is -2.64. The van der Waals surface area contributed by atoms with Crippen LogP contribution >= 0.6 is 11.8 Å². The zero-order chi connectivity index (χ0) is 39.8. The number of aliphatic hydroxyl groups excluding tert-OH is 2. The zero-order valence-electron chi connectivity index (χ0n) is 33.5. The molecule has 2 N–H and O–H groups in total. The molecule has 0 unspecified atom stereocenters. The van der Waals surface area contributed by atoms with Gasteiger partial charge in [0.05, 0.1) is 29.2 Å². The Balaban J connectivity index is 1.37. The topological polar surface area (TPSA) is 116 Å². The first-order valence-corrected chi connectivity index (χ1v) is 21.6. The van der Waals surface area contributed by atoms with Crippen molar-refractivity contribution in [2.75, 3.05) is 25.6 Å². The molecule has 1 fully saturated rings. The molecular formula is C47H57N3O6S. The molecule has 2 heterocycles. The quantitative estimate of drug-likeness (QED) is 0.0577. The van der Waals surface area contributed by atoms with Crippen molar-refractivity contribution in [3.05, 3.63) is 115 Å². The summed E-state index contributed by atoms with van der Waals surface area (Å²) in [6.45, 7) is 10.8. The molecule has 6 atom stereocenters. The van der Waals surface area contributed by atoms with Crippen molar-refractivity contribution in [2.45, 2.75) is 94.7 Å². The van der Waals surface area contributed by atoms with Crippen LogP contribution in [0.3, 0.4) is 0 Å². The fourth-order valence-corrected chi connectivity index (χ4v) is 10.2. The van der Waals surface area contributed by atoms with Gasteiger partial charge < -0.3 is 29.3 Å². The maximum absolute atomic E-state index is 9.95. The van der Waals surface area contributed by atoms with Crippen LogP contribution in [0.25, 0.3) is 10.8 Å². The number of aryl methyl sites for hydroxylation is 1. The first-order chi connectivity index (χ1) is 27.7. The second-order valence-corrected chi connectivity index (χ2v) is 17.7. The van der Waals surface area contributed by atoms with E-state index in [0.717, 1.165) is 101 Å². The molecule has 0 bridgehead atoms. The molecule has 1 aromatic heterocycles. The van der Waals surface area contributed by atoms with Crippen LogP contribution in [0.15, 0.2) is 109 Å². The summed E-state index contributed by atoms with van der Waals surface area (Å²) in [7, 11) is 0. The minimum absolute atomic E-state index is 0.0280. The Morgan fingerprint density at radius 3 is 2.49 bits per heavy atom. The van der Waals surface area contributed by atoms with Gasteiger partial charge >= 0.3 is 0 Å². The highest BCUT2D eigenvalue weighted by atomic mass is 32.2. The average molecular weight is 792 g/mol. The van der Waals surface area contributed by atoms with Gasteiger partial charge in [0.2, 0.25) is 5.79 Å². The minimum atomic E-state index is -1.04. The molecule has 0 amide bonds. The van der Waals surface area contributed by atoms with E-state index >= 15 is 0 Å². The highest BCUT2D eigenvalue weighted by molar-refractivity contribution is 8.00. The van der Waals surface area contributed by atoms with Gasteiger partial charge in [0.15, 0.2) is 0 Å². The predicted octanol–water partition coefficient (Wildman–Crippen LogP) is 9.83. The normalized spacial score (nSPS) is 24.6. The van der Waals surface area contributed by atoms with Crippen LogP contribution < -0.4 is 9.47 Å². The van der Waals surface area contributed by atoms with E-state index < -0.39 is 11.4 Å². The molecule has 10 heteroatoms. The Kier molecular flexibility index (Phi) is 13.3. The second-order valence-electron chi connectivity index (χ2n) is 16.4. The molecule has 3 aromatic carbocycles. The third kappa shape index (κ3) is 9.41. The van der Waals surface area contributed by atoms with E-state index in [9.17, 15) is 10.2 Å². The Labute approximate surface area is 341 Å². The van der Waals surface area contributed by atoms with Gasteiger partial charge in [-0.25, -0.2) is 0 Å². The zero-order valence-corrected chi connectivity index (χ0v) is 34.3. The van der Waals surface area contributed by atoms with Gasteiger partial charge in [-0.05, 0) is 111 Å². The Bertz CT molecular complexity index is 2030. The van der Waals surface area contributed by atoms with Crippen molar-refractivity contribution in [1.29, 1.82) is 0 Å². The molecule has 1 aliphatic heterocycles. The summed E-state index contributed by atoms with van der Waals surface area (Å²) >= 11 is 1.82. The van der Waals surface area contributed by atoms with Crippen molar-refractivity contribution >= 4 is 28.2 Å². The Hall–Kier alpha value is -4.22. The maximum atomic E-state index is 9.95. The second kappa shape index (κ2) is 18.6. The standard InChI is InChI=1S/C47H57N3O6S/c1-5-25-53-47-43(57-26-20-35-31-48-21-22-49-35)30-41(50-56-46(2,3)4)39-28-34(14-8-10-23-51)38(15-9-11-24-52)44(45(39)47)40-29-37(18-19-42(40)55-47)54-36-17-16-32-12-6-7-13-33(32)27-36/h5-7,12-13,16-19,21-22,27-29,31,34,38,43-45,51-52H,1,8-11,14-15,20,23-26,30H2,2-4H3/t34-,38+,43-,44+,45+,47+/m0/s1. The summed E-state index contributed by atoms with van der Waals surface area (Å²) in [5.74, 6) is 2.18. The molecule has 0 radical (unpaired) electrons. The third-order valence-electron chi connectivity index (χ3n) is 11.3. The number of hydrogen-bond acceptors (Lipinski definition) is 10. The third-order valence-corrected chi connectivity index (χ3v) is 12.6. The van der Waals surface area contributed by atoms with Gasteiger partial charge in [0.1, 0.15) is 22.8 Å². The van der Waals surface area contributed by atoms with Crippen molar-refractivity contribution in [2.24, 2.45) is 22.9 Å². The Morgan fingerprint density at radius 1 is 0.965 bits per heavy atom. The Morgan fingerprint density at radius 2 is 1.74 bits per heavy atom. The molecule has 3 aliphatic rings. The molecule has 9 nitrogen and oxygen atoms in total. The van der Waals surface area contributed by atoms with Crippen LogP contribution in [0.1, 0.15) is 82.9 Å². The minimum Gasteiger partial charge on any atom is -0.460 e. The molecule has 7 rings (SSSR count). The highest BCUT2D eigenvalue weighted by Gasteiger charge is 2.64. The lowest BCUT2D eigenvalue weighted by atomic mass is 9.56. The van der Waals surface area contributed by atoms with E-state index in [4.69, 9.17) is 24.2 Å². The first kappa shape index (κ1) is 41.0. The lowest BCUT2D eigenvalue weighted by molar-refractivity contribution is -0.223. The molecule has 0 spiro atoms. The summed E-state index contributed by atoms with van der Waals surface area (Å²) in [6, 6.07) is 20.7. The predicted molar refractivity (Wildman–Crippen MR) is 228 cm³/mol. The highest BCUT2D eigenvalue weighted by Crippen LogP contribution is 2.62. The number of oxime groups is 1. The summed E-state index contributed by atoms with van der Waals surface area (Å²) in [5, 5.41) is 26.9. The molecule has 0 saturated heterocycles. The van der Waals surface area contributed by atoms with Crippen LogP contribution in [-0.4, -0.2) is 68.1 Å². The van der Waals surface area contributed by atoms with Crippen LogP contribution in [0.4, 0.5) is 0 Å². The summed E-state index contributed by atoms with van der Waals surface area (Å²) in [6.07, 6.45) is 15.9. The van der Waals surface area contributed by atoms with Gasteiger partial charge in [-0.15, -0.1) is 6.58 Å². The average Bonchev–Trinajstić information content (AvgIpc) is 3.21. The van der Waals surface area contributed by atoms with Crippen molar-refractivity contribution in [3.63, 3.8) is 0 Å². The maximum Gasteiger partial charge on any atom is 0.230 e. The largest absolute Gasteiger partial charge is 0.460 e. The fraction of sp³-hybridized carbons (Fsp3) is 0.468. The molecule has 1 saturated carbocycles. The lowest BCUT2D eigenvalue weighted by Gasteiger charge is -2.58. The van der Waals surface area contributed by atoms with E-state index in [2.05, 4.69) is 59.0 Å². The van der Waals surface area contributed by atoms with Crippen molar-refractivity contribution in [3.8, 4) is 17.2 Å². The number of unbranched alkanes of at least 4 members (excludes halogenated alkanes) is 2. The van der Waals surface area contributed by atoms with E-state index in [0.29, 0.717) is 13.0 Å². The number of benzene rings is 3. The number of aromatic nitrogens is 2. The van der Waals surface area contributed by atoms with E-state index in [1.165, 1.54) is 0 Å². The van der Waals surface area contributed by atoms with Gasteiger partial charge in [-0.3, -0.25) is 9.97 Å². The molecule has 4 aromatic rings. The van der Waals surface area contributed by atoms with Crippen LogP contribution in [-0.2, 0) is 16.0 Å². The number of hydrogen-bond donors (Lipinski definition) is 2. The monoisotopic (exact) mass is 791 g/mol. The van der Waals surface area contributed by atoms with Crippen LogP contribution in [0, 0.1) is 17.8 Å². The summed E-state index contributed by atoms with van der Waals surface area (Å²) in [5.41, 5.74) is 3.57. The van der Waals surface area contributed by atoms with Crippen molar-refractivity contribution < 1.29 is 29.3 Å². The smallest absolute Gasteiger partial charge is 0.230 e. The molecule has 302 valence electrons. The number of thioether (sulfide) groups is 1. The number of fused-ring (bicyclic) bond motifs is 3. The van der Waals surface area contributed by atoms with E-state index in [1.54, 1.807) is 18.5 Å². The summed E-state index contributed by atoms with van der Waals surface area (Å²) < 4.78 is 21.1. The fourth-order valence-electron chi connectivity index (χ4n) is 8.86. The van der Waals surface area contributed by atoms with Gasteiger partial charge in [-0.2, -0.15) is 11.8 Å². The summed E-state index contributed by atoms with van der Waals surface area (Å²) in [4.78, 5) is 15.1. The molecule has 2 aliphatic carbocycles. The van der Waals surface area contributed by atoms with E-state index in [1.807, 2.05) is 63.0 Å². The molecular weight excluding hydrogens is 735 g/mol. The van der Waals surface area contributed by atoms with Gasteiger partial charge in [-0.1, -0.05) is 60.5 Å². The first-order valence-electron chi connectivity index (χ1n) is 20.5. The van der Waals surface area contributed by atoms with Gasteiger partial charge in [0.25, 0.3) is 0 Å². The number of nitrogens with zero attached hydrogens (tertiary/aromatic N) is 3. The van der Waals surface area contributed by atoms with E-state index in [-0.39, 0.29) is 42.1 Å².